The number of hydrogen-bond donors (Lipinski definition) is 1. The van der Waals surface area contributed by atoms with Gasteiger partial charge in [0.1, 0.15) is 11.4 Å². The van der Waals surface area contributed by atoms with E-state index in [1.807, 2.05) is 50.2 Å². The second kappa shape index (κ2) is 11.0. The molecule has 0 saturated heterocycles. The first-order chi connectivity index (χ1) is 15.5. The highest BCUT2D eigenvalue weighted by molar-refractivity contribution is 6.36. The number of carbonyl (C=O) groups excluding carboxylic acids is 2. The molecule has 1 N–H and O–H groups in total. The van der Waals surface area contributed by atoms with E-state index < -0.39 is 0 Å². The molecular weight excluding hydrogens is 404 g/mol. The monoisotopic (exact) mass is 436 g/mol. The zero-order valence-electron chi connectivity index (χ0n) is 19.4. The molecule has 1 aliphatic heterocycles. The van der Waals surface area contributed by atoms with E-state index in [0.717, 1.165) is 29.5 Å². The van der Waals surface area contributed by atoms with Crippen LogP contribution in [-0.2, 0) is 14.3 Å². The molecule has 6 nitrogen and oxygen atoms in total. The summed E-state index contributed by atoms with van der Waals surface area (Å²) in [5.41, 5.74) is 4.31. The fourth-order valence-corrected chi connectivity index (χ4v) is 3.58. The lowest BCUT2D eigenvalue weighted by molar-refractivity contribution is -0.137. The van der Waals surface area contributed by atoms with Crippen molar-refractivity contribution in [3.63, 3.8) is 0 Å². The summed E-state index contributed by atoms with van der Waals surface area (Å²) in [6, 6.07) is 13.1. The molecule has 32 heavy (non-hydrogen) atoms. The fraction of sp³-hybridized carbons (Fsp3) is 0.385. The maximum atomic E-state index is 13.3. The van der Waals surface area contributed by atoms with Gasteiger partial charge in [0.25, 0.3) is 11.8 Å². The topological polar surface area (TPSA) is 67.9 Å². The van der Waals surface area contributed by atoms with E-state index in [-0.39, 0.29) is 11.8 Å². The van der Waals surface area contributed by atoms with Crippen molar-refractivity contribution in [2.45, 2.75) is 40.0 Å². The van der Waals surface area contributed by atoms with Gasteiger partial charge in [0.05, 0.1) is 12.7 Å². The number of carbonyl (C=O) groups is 2. The minimum Gasteiger partial charge on any atom is -0.497 e. The normalized spacial score (nSPS) is 13.8. The number of benzene rings is 2. The van der Waals surface area contributed by atoms with Crippen LogP contribution in [0.1, 0.15) is 42.9 Å². The first kappa shape index (κ1) is 23.5. The lowest BCUT2D eigenvalue weighted by Gasteiger charge is -2.15. The molecule has 0 aliphatic carbocycles. The second-order valence-electron chi connectivity index (χ2n) is 7.99. The van der Waals surface area contributed by atoms with Crippen LogP contribution < -0.4 is 10.1 Å². The molecule has 0 bridgehead atoms. The Morgan fingerprint density at radius 2 is 1.72 bits per heavy atom. The van der Waals surface area contributed by atoms with Gasteiger partial charge in [-0.3, -0.25) is 14.5 Å². The summed E-state index contributed by atoms with van der Waals surface area (Å²) in [5, 5.41) is 3.18. The molecule has 170 valence electrons. The van der Waals surface area contributed by atoms with Gasteiger partial charge in [-0.05, 0) is 55.5 Å². The molecule has 2 amide bonds. The molecule has 1 aliphatic rings. The van der Waals surface area contributed by atoms with Gasteiger partial charge in [-0.1, -0.05) is 37.6 Å². The van der Waals surface area contributed by atoms with E-state index >= 15 is 0 Å². The van der Waals surface area contributed by atoms with Crippen LogP contribution in [0, 0.1) is 13.8 Å². The summed E-state index contributed by atoms with van der Waals surface area (Å²) >= 11 is 0. The molecule has 0 saturated carbocycles. The Bertz CT molecular complexity index is 1010. The summed E-state index contributed by atoms with van der Waals surface area (Å²) < 4.78 is 10.9. The van der Waals surface area contributed by atoms with Gasteiger partial charge in [0, 0.05) is 31.5 Å². The smallest absolute Gasteiger partial charge is 0.278 e. The van der Waals surface area contributed by atoms with Gasteiger partial charge in [0.2, 0.25) is 0 Å². The summed E-state index contributed by atoms with van der Waals surface area (Å²) in [7, 11) is 1.59. The molecule has 3 rings (SSSR count). The van der Waals surface area contributed by atoms with Gasteiger partial charge >= 0.3 is 0 Å². The van der Waals surface area contributed by atoms with Crippen molar-refractivity contribution in [1.82, 2.24) is 4.90 Å². The molecule has 2 aromatic rings. The van der Waals surface area contributed by atoms with Crippen LogP contribution in [0.3, 0.4) is 0 Å². The lowest BCUT2D eigenvalue weighted by Crippen LogP contribution is -2.34. The van der Waals surface area contributed by atoms with Crippen LogP contribution in [0.25, 0.3) is 5.57 Å². The van der Waals surface area contributed by atoms with E-state index in [1.165, 1.54) is 4.90 Å². The van der Waals surface area contributed by atoms with Crippen molar-refractivity contribution in [1.29, 1.82) is 0 Å². The van der Waals surface area contributed by atoms with Crippen LogP contribution >= 0.6 is 0 Å². The maximum absolute atomic E-state index is 13.3. The first-order valence-corrected chi connectivity index (χ1v) is 11.1. The van der Waals surface area contributed by atoms with Crippen molar-refractivity contribution in [3.8, 4) is 5.75 Å². The minimum atomic E-state index is -0.320. The van der Waals surface area contributed by atoms with Gasteiger partial charge in [-0.25, -0.2) is 0 Å². The molecule has 1 heterocycles. The summed E-state index contributed by atoms with van der Waals surface area (Å²) in [4.78, 5) is 27.9. The summed E-state index contributed by atoms with van der Waals surface area (Å²) in [6.45, 7) is 7.68. The first-order valence-electron chi connectivity index (χ1n) is 11.1. The van der Waals surface area contributed by atoms with Crippen LogP contribution in [0.4, 0.5) is 5.69 Å². The number of amides is 2. The van der Waals surface area contributed by atoms with Crippen LogP contribution in [-0.4, -0.2) is 43.6 Å². The van der Waals surface area contributed by atoms with Gasteiger partial charge in [-0.15, -0.1) is 0 Å². The van der Waals surface area contributed by atoms with E-state index in [0.29, 0.717) is 48.9 Å². The maximum Gasteiger partial charge on any atom is 0.278 e. The molecule has 0 aromatic heterocycles. The molecule has 0 fully saturated rings. The Kier molecular flexibility index (Phi) is 8.06. The number of anilines is 1. The number of hydrogen-bond acceptors (Lipinski definition) is 5. The second-order valence-corrected chi connectivity index (χ2v) is 7.99. The Morgan fingerprint density at radius 3 is 2.44 bits per heavy atom. The van der Waals surface area contributed by atoms with E-state index in [9.17, 15) is 9.59 Å². The highest BCUT2D eigenvalue weighted by Crippen LogP contribution is 2.32. The number of nitrogens with one attached hydrogen (secondary N) is 1. The standard InChI is InChI=1S/C26H32N2O4/c1-5-6-14-32-15-8-13-28-25(29)23(20-12-11-18(2)19(3)16-20)24(26(28)30)27-21-9-7-10-22(17-21)31-4/h7,9-12,16-17,27H,5-6,8,13-15H2,1-4H3. The third kappa shape index (κ3) is 5.37. The Labute approximate surface area is 190 Å². The number of aryl methyl sites for hydroxylation is 2. The number of nitrogens with zero attached hydrogens (tertiary/aromatic N) is 1. The predicted molar refractivity (Wildman–Crippen MR) is 127 cm³/mol. The Hall–Kier alpha value is -3.12. The van der Waals surface area contributed by atoms with E-state index in [1.54, 1.807) is 13.2 Å². The summed E-state index contributed by atoms with van der Waals surface area (Å²) in [6.07, 6.45) is 2.69. The minimum absolute atomic E-state index is 0.280. The number of unbranched alkanes of at least 4 members (excludes halogenated alkanes) is 1. The van der Waals surface area contributed by atoms with Gasteiger partial charge in [-0.2, -0.15) is 0 Å². The molecule has 0 atom stereocenters. The van der Waals surface area contributed by atoms with Crippen molar-refractivity contribution in [2.24, 2.45) is 0 Å². The van der Waals surface area contributed by atoms with Crippen molar-refractivity contribution >= 4 is 23.1 Å². The largest absolute Gasteiger partial charge is 0.497 e. The zero-order valence-corrected chi connectivity index (χ0v) is 19.4. The molecule has 0 radical (unpaired) electrons. The van der Waals surface area contributed by atoms with E-state index in [4.69, 9.17) is 9.47 Å². The van der Waals surface area contributed by atoms with Crippen molar-refractivity contribution in [3.05, 3.63) is 64.9 Å². The number of ether oxygens (including phenoxy) is 2. The van der Waals surface area contributed by atoms with Crippen LogP contribution in [0.2, 0.25) is 0 Å². The molecule has 0 spiro atoms. The van der Waals surface area contributed by atoms with Crippen LogP contribution in [0.5, 0.6) is 5.75 Å². The third-order valence-corrected chi connectivity index (χ3v) is 5.62. The average molecular weight is 437 g/mol. The third-order valence-electron chi connectivity index (χ3n) is 5.62. The molecular formula is C26H32N2O4. The molecule has 0 unspecified atom stereocenters. The van der Waals surface area contributed by atoms with Gasteiger partial charge < -0.3 is 14.8 Å². The fourth-order valence-electron chi connectivity index (χ4n) is 3.58. The van der Waals surface area contributed by atoms with E-state index in [2.05, 4.69) is 12.2 Å². The van der Waals surface area contributed by atoms with Crippen molar-refractivity contribution in [2.75, 3.05) is 32.2 Å². The van der Waals surface area contributed by atoms with Crippen molar-refractivity contribution < 1.29 is 19.1 Å². The predicted octanol–water partition coefficient (Wildman–Crippen LogP) is 4.71. The SMILES string of the molecule is CCCCOCCCN1C(=O)C(Nc2cccc(OC)c2)=C(c2ccc(C)c(C)c2)C1=O. The Morgan fingerprint density at radius 1 is 0.938 bits per heavy atom. The number of imide groups is 1. The highest BCUT2D eigenvalue weighted by Gasteiger charge is 2.39. The molecule has 6 heteroatoms. The zero-order chi connectivity index (χ0) is 23.1. The summed E-state index contributed by atoms with van der Waals surface area (Å²) in [5.74, 6) is 0.0676. The quantitative estimate of drug-likeness (QED) is 0.408. The van der Waals surface area contributed by atoms with Crippen LogP contribution in [0.15, 0.2) is 48.2 Å². The highest BCUT2D eigenvalue weighted by atomic mass is 16.5. The lowest BCUT2D eigenvalue weighted by atomic mass is 9.99. The average Bonchev–Trinajstić information content (AvgIpc) is 3.02. The van der Waals surface area contributed by atoms with Gasteiger partial charge in [0.15, 0.2) is 0 Å². The number of rotatable bonds is 11. The molecule has 2 aromatic carbocycles. The Balaban J connectivity index is 1.87. The number of methoxy groups -OCH3 is 1.